The molecule has 1 aromatic heterocycles. The number of aromatic nitrogens is 1. The summed E-state index contributed by atoms with van der Waals surface area (Å²) in [4.78, 5) is 30.3. The maximum atomic E-state index is 12.7. The number of amides is 2. The maximum absolute atomic E-state index is 12.7. The van der Waals surface area contributed by atoms with Gasteiger partial charge in [0.2, 0.25) is 5.91 Å². The number of rotatable bonds is 2. The minimum absolute atomic E-state index is 0.0939. The Bertz CT molecular complexity index is 729. The standard InChI is InChI=1S/C17H19N3O2/c1-11-6-7-13(16(18)21)10-20(11)17(22)15-9-8-12-4-2-3-5-14(12)19-15/h2-5,8-9,11,13H,6-7,10H2,1H3,(H2,18,21)/t11-,13+/m1/s1. The van der Waals surface area contributed by atoms with Gasteiger partial charge in [0.15, 0.2) is 0 Å². The van der Waals surface area contributed by atoms with E-state index in [9.17, 15) is 9.59 Å². The lowest BCUT2D eigenvalue weighted by molar-refractivity contribution is -0.123. The van der Waals surface area contributed by atoms with Crippen LogP contribution in [0.5, 0.6) is 0 Å². The number of carbonyl (C=O) groups is 2. The second kappa shape index (κ2) is 5.75. The van der Waals surface area contributed by atoms with E-state index in [2.05, 4.69) is 4.98 Å². The van der Waals surface area contributed by atoms with Crippen molar-refractivity contribution in [2.24, 2.45) is 11.7 Å². The van der Waals surface area contributed by atoms with Crippen LogP contribution in [-0.2, 0) is 4.79 Å². The molecule has 1 aliphatic heterocycles. The second-order valence-corrected chi connectivity index (χ2v) is 5.87. The third kappa shape index (κ3) is 2.66. The number of para-hydroxylation sites is 1. The lowest BCUT2D eigenvalue weighted by Gasteiger charge is -2.36. The first kappa shape index (κ1) is 14.5. The highest BCUT2D eigenvalue weighted by Crippen LogP contribution is 2.23. The summed E-state index contributed by atoms with van der Waals surface area (Å²) in [7, 11) is 0. The first-order valence-corrected chi connectivity index (χ1v) is 7.52. The highest BCUT2D eigenvalue weighted by molar-refractivity contribution is 5.95. The highest BCUT2D eigenvalue weighted by atomic mass is 16.2. The van der Waals surface area contributed by atoms with Gasteiger partial charge in [-0.05, 0) is 31.9 Å². The van der Waals surface area contributed by atoms with Crippen LogP contribution in [0.25, 0.3) is 10.9 Å². The van der Waals surface area contributed by atoms with E-state index in [1.165, 1.54) is 0 Å². The van der Waals surface area contributed by atoms with Gasteiger partial charge in [0.25, 0.3) is 5.91 Å². The van der Waals surface area contributed by atoms with Crippen molar-refractivity contribution in [3.05, 3.63) is 42.1 Å². The Hall–Kier alpha value is -2.43. The van der Waals surface area contributed by atoms with Gasteiger partial charge in [0.1, 0.15) is 5.69 Å². The summed E-state index contributed by atoms with van der Waals surface area (Å²) in [6, 6.07) is 11.4. The summed E-state index contributed by atoms with van der Waals surface area (Å²) in [5.74, 6) is -0.735. The molecule has 0 bridgehead atoms. The van der Waals surface area contributed by atoms with E-state index in [-0.39, 0.29) is 23.8 Å². The average Bonchev–Trinajstić information content (AvgIpc) is 2.54. The number of likely N-dealkylation sites (tertiary alicyclic amines) is 1. The summed E-state index contributed by atoms with van der Waals surface area (Å²) in [5, 5.41) is 1.00. The molecular formula is C17H19N3O2. The van der Waals surface area contributed by atoms with Gasteiger partial charge in [-0.2, -0.15) is 0 Å². The van der Waals surface area contributed by atoms with Gasteiger partial charge < -0.3 is 10.6 Å². The number of fused-ring (bicyclic) bond motifs is 1. The zero-order chi connectivity index (χ0) is 15.7. The quantitative estimate of drug-likeness (QED) is 0.920. The Labute approximate surface area is 129 Å². The molecule has 2 aromatic rings. The predicted molar refractivity (Wildman–Crippen MR) is 84.2 cm³/mol. The first-order valence-electron chi connectivity index (χ1n) is 7.52. The van der Waals surface area contributed by atoms with Crippen molar-refractivity contribution < 1.29 is 9.59 Å². The first-order chi connectivity index (χ1) is 10.6. The zero-order valence-electron chi connectivity index (χ0n) is 12.5. The number of benzene rings is 1. The smallest absolute Gasteiger partial charge is 0.272 e. The van der Waals surface area contributed by atoms with Crippen LogP contribution in [0.1, 0.15) is 30.3 Å². The summed E-state index contributed by atoms with van der Waals surface area (Å²) in [6.45, 7) is 2.38. The molecule has 2 heterocycles. The van der Waals surface area contributed by atoms with Crippen molar-refractivity contribution in [3.63, 3.8) is 0 Å². The maximum Gasteiger partial charge on any atom is 0.272 e. The number of carbonyl (C=O) groups excluding carboxylic acids is 2. The lowest BCUT2D eigenvalue weighted by atomic mass is 9.92. The fourth-order valence-corrected chi connectivity index (χ4v) is 2.95. The van der Waals surface area contributed by atoms with Crippen LogP contribution in [0, 0.1) is 5.92 Å². The molecular weight excluding hydrogens is 278 g/mol. The van der Waals surface area contributed by atoms with Crippen LogP contribution in [0.15, 0.2) is 36.4 Å². The number of piperidine rings is 1. The number of pyridine rings is 1. The van der Waals surface area contributed by atoms with E-state index in [1.807, 2.05) is 37.3 Å². The monoisotopic (exact) mass is 297 g/mol. The molecule has 1 aliphatic rings. The van der Waals surface area contributed by atoms with Crippen molar-refractivity contribution in [2.75, 3.05) is 6.54 Å². The van der Waals surface area contributed by atoms with Crippen LogP contribution in [0.2, 0.25) is 0 Å². The van der Waals surface area contributed by atoms with E-state index in [0.717, 1.165) is 23.7 Å². The van der Waals surface area contributed by atoms with E-state index >= 15 is 0 Å². The van der Waals surface area contributed by atoms with Gasteiger partial charge in [-0.15, -0.1) is 0 Å². The van der Waals surface area contributed by atoms with Crippen LogP contribution in [0.3, 0.4) is 0 Å². The molecule has 5 nitrogen and oxygen atoms in total. The SMILES string of the molecule is C[C@@H]1CC[C@H](C(N)=O)CN1C(=O)c1ccc2ccccc2n1. The molecule has 2 atom stereocenters. The molecule has 1 aromatic carbocycles. The molecule has 0 unspecified atom stereocenters. The van der Waals surface area contributed by atoms with Gasteiger partial charge in [0, 0.05) is 18.0 Å². The third-order valence-electron chi connectivity index (χ3n) is 4.36. The molecule has 0 radical (unpaired) electrons. The minimum Gasteiger partial charge on any atom is -0.369 e. The minimum atomic E-state index is -0.337. The van der Waals surface area contributed by atoms with Crippen molar-refractivity contribution >= 4 is 22.7 Å². The normalized spacial score (nSPS) is 21.8. The van der Waals surface area contributed by atoms with Gasteiger partial charge in [-0.25, -0.2) is 4.98 Å². The lowest BCUT2D eigenvalue weighted by Crippen LogP contribution is -2.48. The van der Waals surface area contributed by atoms with E-state index in [0.29, 0.717) is 12.2 Å². The summed E-state index contributed by atoms with van der Waals surface area (Å²) >= 11 is 0. The number of nitrogens with zero attached hydrogens (tertiary/aromatic N) is 2. The van der Waals surface area contributed by atoms with E-state index in [4.69, 9.17) is 5.73 Å². The number of hydrogen-bond donors (Lipinski definition) is 1. The van der Waals surface area contributed by atoms with E-state index in [1.54, 1.807) is 11.0 Å². The highest BCUT2D eigenvalue weighted by Gasteiger charge is 2.32. The van der Waals surface area contributed by atoms with Crippen molar-refractivity contribution in [1.29, 1.82) is 0 Å². The Morgan fingerprint density at radius 1 is 1.18 bits per heavy atom. The summed E-state index contributed by atoms with van der Waals surface area (Å²) in [6.07, 6.45) is 1.53. The molecule has 3 rings (SSSR count). The Balaban J connectivity index is 1.88. The third-order valence-corrected chi connectivity index (χ3v) is 4.36. The fourth-order valence-electron chi connectivity index (χ4n) is 2.95. The number of hydrogen-bond acceptors (Lipinski definition) is 3. The predicted octanol–water partition coefficient (Wildman–Crippen LogP) is 1.96. The molecule has 2 N–H and O–H groups in total. The van der Waals surface area contributed by atoms with Crippen molar-refractivity contribution in [3.8, 4) is 0 Å². The molecule has 0 saturated carbocycles. The molecule has 0 aliphatic carbocycles. The number of primary amides is 1. The second-order valence-electron chi connectivity index (χ2n) is 5.87. The van der Waals surface area contributed by atoms with Gasteiger partial charge in [-0.1, -0.05) is 24.3 Å². The van der Waals surface area contributed by atoms with Gasteiger partial charge >= 0.3 is 0 Å². The largest absolute Gasteiger partial charge is 0.369 e. The topological polar surface area (TPSA) is 76.3 Å². The average molecular weight is 297 g/mol. The van der Waals surface area contributed by atoms with Crippen molar-refractivity contribution in [1.82, 2.24) is 9.88 Å². The Kier molecular flexibility index (Phi) is 3.79. The molecule has 1 fully saturated rings. The fraction of sp³-hybridized carbons (Fsp3) is 0.353. The van der Waals surface area contributed by atoms with Crippen molar-refractivity contribution in [2.45, 2.75) is 25.8 Å². The van der Waals surface area contributed by atoms with Gasteiger partial charge in [0.05, 0.1) is 11.4 Å². The van der Waals surface area contributed by atoms with Crippen LogP contribution in [0.4, 0.5) is 0 Å². The molecule has 0 spiro atoms. The summed E-state index contributed by atoms with van der Waals surface area (Å²) < 4.78 is 0. The van der Waals surface area contributed by atoms with E-state index < -0.39 is 0 Å². The zero-order valence-corrected chi connectivity index (χ0v) is 12.5. The van der Waals surface area contributed by atoms with Crippen LogP contribution in [-0.4, -0.2) is 34.3 Å². The molecule has 5 heteroatoms. The molecule has 1 saturated heterocycles. The van der Waals surface area contributed by atoms with Gasteiger partial charge in [-0.3, -0.25) is 9.59 Å². The van der Waals surface area contributed by atoms with Crippen LogP contribution >= 0.6 is 0 Å². The molecule has 2 amide bonds. The molecule has 114 valence electrons. The Morgan fingerprint density at radius 3 is 2.73 bits per heavy atom. The summed E-state index contributed by atoms with van der Waals surface area (Å²) in [5.41, 5.74) is 6.60. The number of nitrogens with two attached hydrogens (primary N) is 1. The van der Waals surface area contributed by atoms with Crippen LogP contribution < -0.4 is 5.73 Å². The Morgan fingerprint density at radius 2 is 1.95 bits per heavy atom. The molecule has 22 heavy (non-hydrogen) atoms.